The van der Waals surface area contributed by atoms with E-state index in [0.717, 1.165) is 30.6 Å². The van der Waals surface area contributed by atoms with E-state index in [4.69, 9.17) is 0 Å². The molecule has 3 rings (SSSR count). The third kappa shape index (κ3) is 4.71. The Kier molecular flexibility index (Phi) is 6.07. The summed E-state index contributed by atoms with van der Waals surface area (Å²) in [5.74, 6) is 0.113. The topological polar surface area (TPSA) is 43.8 Å². The summed E-state index contributed by atoms with van der Waals surface area (Å²) < 4.78 is 0. The van der Waals surface area contributed by atoms with E-state index in [1.165, 1.54) is 5.56 Å². The molecule has 0 radical (unpaired) electrons. The van der Waals surface area contributed by atoms with Gasteiger partial charge in [-0.2, -0.15) is 0 Å². The summed E-state index contributed by atoms with van der Waals surface area (Å²) in [5, 5.41) is 9.83. The molecular weight excluding hydrogens is 324 g/mol. The maximum atomic E-state index is 12.9. The Labute approximate surface area is 156 Å². The van der Waals surface area contributed by atoms with Crippen molar-refractivity contribution >= 4 is 5.91 Å². The summed E-state index contributed by atoms with van der Waals surface area (Å²) >= 11 is 0. The Balaban J connectivity index is 1.74. The molecule has 26 heavy (non-hydrogen) atoms. The molecule has 138 valence electrons. The highest BCUT2D eigenvalue weighted by Crippen LogP contribution is 2.24. The second kappa shape index (κ2) is 8.47. The molecule has 0 saturated carbocycles. The van der Waals surface area contributed by atoms with Crippen LogP contribution in [0.1, 0.15) is 29.2 Å². The second-order valence-corrected chi connectivity index (χ2v) is 7.30. The lowest BCUT2D eigenvalue weighted by Gasteiger charge is -2.32. The number of likely N-dealkylation sites (N-methyl/N-ethyl adjacent to an activating group) is 1. The van der Waals surface area contributed by atoms with E-state index in [9.17, 15) is 9.90 Å². The van der Waals surface area contributed by atoms with Crippen molar-refractivity contribution in [1.29, 1.82) is 0 Å². The van der Waals surface area contributed by atoms with Gasteiger partial charge >= 0.3 is 0 Å². The van der Waals surface area contributed by atoms with Gasteiger partial charge in [-0.05, 0) is 24.5 Å². The van der Waals surface area contributed by atoms with Crippen molar-refractivity contribution in [2.75, 3.05) is 26.7 Å². The fourth-order valence-corrected chi connectivity index (χ4v) is 3.53. The molecule has 1 saturated heterocycles. The molecular formula is C22H28N2O2. The zero-order valence-corrected chi connectivity index (χ0v) is 15.6. The Morgan fingerprint density at radius 2 is 1.88 bits per heavy atom. The molecule has 0 aliphatic carbocycles. The van der Waals surface area contributed by atoms with Crippen LogP contribution in [0.25, 0.3) is 0 Å². The van der Waals surface area contributed by atoms with E-state index in [1.54, 1.807) is 0 Å². The number of amides is 1. The zero-order chi connectivity index (χ0) is 18.5. The lowest BCUT2D eigenvalue weighted by atomic mass is 10.0. The van der Waals surface area contributed by atoms with Crippen LogP contribution in [0.5, 0.6) is 0 Å². The van der Waals surface area contributed by atoms with Crippen molar-refractivity contribution < 1.29 is 9.90 Å². The lowest BCUT2D eigenvalue weighted by molar-refractivity contribution is -0.131. The number of aliphatic hydroxyl groups is 1. The quantitative estimate of drug-likeness (QED) is 0.869. The zero-order valence-electron chi connectivity index (χ0n) is 15.6. The van der Waals surface area contributed by atoms with Crippen LogP contribution in [0.15, 0.2) is 54.6 Å². The summed E-state index contributed by atoms with van der Waals surface area (Å²) in [7, 11) is 1.89. The largest absolute Gasteiger partial charge is 0.392 e. The third-order valence-corrected chi connectivity index (χ3v) is 5.20. The maximum Gasteiger partial charge on any atom is 0.227 e. The summed E-state index contributed by atoms with van der Waals surface area (Å²) in [5.41, 5.74) is 3.37. The monoisotopic (exact) mass is 352 g/mol. The van der Waals surface area contributed by atoms with Crippen LogP contribution in [-0.4, -0.2) is 53.6 Å². The van der Waals surface area contributed by atoms with Crippen molar-refractivity contribution in [2.24, 2.45) is 0 Å². The van der Waals surface area contributed by atoms with E-state index in [1.807, 2.05) is 61.3 Å². The van der Waals surface area contributed by atoms with Crippen molar-refractivity contribution in [3.63, 3.8) is 0 Å². The Morgan fingerprint density at radius 3 is 2.50 bits per heavy atom. The van der Waals surface area contributed by atoms with Crippen LogP contribution in [0.2, 0.25) is 0 Å². The number of aliphatic hydroxyl groups excluding tert-OH is 1. The predicted octanol–water partition coefficient (Wildman–Crippen LogP) is 2.80. The van der Waals surface area contributed by atoms with Crippen LogP contribution in [0.3, 0.4) is 0 Å². The summed E-state index contributed by atoms with van der Waals surface area (Å²) in [6.07, 6.45) is 0.964. The van der Waals surface area contributed by atoms with Gasteiger partial charge in [0.15, 0.2) is 0 Å². The molecule has 1 heterocycles. The highest BCUT2D eigenvalue weighted by molar-refractivity contribution is 5.79. The van der Waals surface area contributed by atoms with Gasteiger partial charge in [0.25, 0.3) is 0 Å². The Bertz CT molecular complexity index is 715. The van der Waals surface area contributed by atoms with Crippen molar-refractivity contribution in [2.45, 2.75) is 31.9 Å². The number of carbonyl (C=O) groups excluding carboxylic acids is 1. The summed E-state index contributed by atoms with van der Waals surface area (Å²) in [6, 6.07) is 18.3. The standard InChI is InChI=1S/C22H28N2O2/c1-17-8-10-18(11-9-17)14-22(26)23(2)21(19-6-4-3-5-7-19)16-24-13-12-20(25)15-24/h3-11,20-21,25H,12-16H2,1-2H3/t20-,21+/m0/s1. The maximum absolute atomic E-state index is 12.9. The minimum absolute atomic E-state index is 0.0144. The van der Waals surface area contributed by atoms with Crippen molar-refractivity contribution in [3.8, 4) is 0 Å². The average molecular weight is 352 g/mol. The summed E-state index contributed by atoms with van der Waals surface area (Å²) in [4.78, 5) is 17.0. The first-order chi connectivity index (χ1) is 12.5. The Hall–Kier alpha value is -2.17. The van der Waals surface area contributed by atoms with Crippen molar-refractivity contribution in [1.82, 2.24) is 9.80 Å². The number of likely N-dealkylation sites (tertiary alicyclic amines) is 1. The minimum Gasteiger partial charge on any atom is -0.392 e. The van der Waals surface area contributed by atoms with Gasteiger partial charge in [0, 0.05) is 26.7 Å². The van der Waals surface area contributed by atoms with E-state index in [-0.39, 0.29) is 18.1 Å². The van der Waals surface area contributed by atoms with Gasteiger partial charge in [0.1, 0.15) is 0 Å². The first-order valence-electron chi connectivity index (χ1n) is 9.29. The molecule has 1 amide bonds. The molecule has 2 aromatic rings. The first-order valence-corrected chi connectivity index (χ1v) is 9.29. The van der Waals surface area contributed by atoms with Gasteiger partial charge in [-0.25, -0.2) is 0 Å². The number of rotatable bonds is 6. The number of hydrogen-bond donors (Lipinski definition) is 1. The second-order valence-electron chi connectivity index (χ2n) is 7.30. The van der Waals surface area contributed by atoms with E-state index >= 15 is 0 Å². The van der Waals surface area contributed by atoms with Gasteiger partial charge in [0.2, 0.25) is 5.91 Å². The normalized spacial score (nSPS) is 18.7. The van der Waals surface area contributed by atoms with Gasteiger partial charge in [-0.15, -0.1) is 0 Å². The number of aryl methyl sites for hydroxylation is 1. The van der Waals surface area contributed by atoms with E-state index in [0.29, 0.717) is 13.0 Å². The Morgan fingerprint density at radius 1 is 1.19 bits per heavy atom. The molecule has 4 nitrogen and oxygen atoms in total. The molecule has 1 aliphatic heterocycles. The highest BCUT2D eigenvalue weighted by Gasteiger charge is 2.28. The fraction of sp³-hybridized carbons (Fsp3) is 0.409. The molecule has 4 heteroatoms. The molecule has 0 unspecified atom stereocenters. The minimum atomic E-state index is -0.250. The number of benzene rings is 2. The number of nitrogens with zero attached hydrogens (tertiary/aromatic N) is 2. The van der Waals surface area contributed by atoms with Gasteiger partial charge < -0.3 is 10.0 Å². The van der Waals surface area contributed by atoms with Gasteiger partial charge in [0.05, 0.1) is 18.6 Å². The van der Waals surface area contributed by atoms with Crippen LogP contribution < -0.4 is 0 Å². The molecule has 0 spiro atoms. The van der Waals surface area contributed by atoms with Gasteiger partial charge in [-0.3, -0.25) is 9.69 Å². The van der Waals surface area contributed by atoms with Crippen molar-refractivity contribution in [3.05, 3.63) is 71.3 Å². The number of β-amino-alcohol motifs (C(OH)–C–C–N with tert-alkyl or cyclic N) is 1. The average Bonchev–Trinajstić information content (AvgIpc) is 3.07. The molecule has 1 fully saturated rings. The van der Waals surface area contributed by atoms with E-state index in [2.05, 4.69) is 17.0 Å². The van der Waals surface area contributed by atoms with E-state index < -0.39 is 0 Å². The number of carbonyl (C=O) groups is 1. The molecule has 2 aromatic carbocycles. The number of hydrogen-bond acceptors (Lipinski definition) is 3. The molecule has 0 aromatic heterocycles. The molecule has 1 aliphatic rings. The molecule has 2 atom stereocenters. The molecule has 0 bridgehead atoms. The van der Waals surface area contributed by atoms with Crippen LogP contribution in [-0.2, 0) is 11.2 Å². The highest BCUT2D eigenvalue weighted by atomic mass is 16.3. The lowest BCUT2D eigenvalue weighted by Crippen LogP contribution is -2.39. The van der Waals surface area contributed by atoms with Crippen LogP contribution >= 0.6 is 0 Å². The first kappa shape index (κ1) is 18.6. The third-order valence-electron chi connectivity index (χ3n) is 5.20. The predicted molar refractivity (Wildman–Crippen MR) is 104 cm³/mol. The summed E-state index contributed by atoms with van der Waals surface area (Å²) in [6.45, 7) is 4.36. The van der Waals surface area contributed by atoms with Crippen LogP contribution in [0, 0.1) is 6.92 Å². The molecule has 1 N–H and O–H groups in total. The van der Waals surface area contributed by atoms with Crippen LogP contribution in [0.4, 0.5) is 0 Å². The SMILES string of the molecule is Cc1ccc(CC(=O)N(C)[C@H](CN2CC[C@H](O)C2)c2ccccc2)cc1. The van der Waals surface area contributed by atoms with Gasteiger partial charge in [-0.1, -0.05) is 60.2 Å². The fourth-order valence-electron chi connectivity index (χ4n) is 3.53. The smallest absolute Gasteiger partial charge is 0.227 e.